The van der Waals surface area contributed by atoms with Crippen molar-refractivity contribution in [3.05, 3.63) is 150 Å². The Labute approximate surface area is 221 Å². The minimum Gasteiger partial charge on any atom is -1.00 e. The van der Waals surface area contributed by atoms with Crippen molar-refractivity contribution in [2.75, 3.05) is 0 Å². The van der Waals surface area contributed by atoms with Gasteiger partial charge in [-0.1, -0.05) is 60.7 Å². The summed E-state index contributed by atoms with van der Waals surface area (Å²) in [6.07, 6.45) is 13.0. The first-order valence-electron chi connectivity index (χ1n) is 12.5. The van der Waals surface area contributed by atoms with E-state index >= 15 is 0 Å². The maximum atomic E-state index is 5.68. The molecule has 2 bridgehead atoms. The van der Waals surface area contributed by atoms with Crippen molar-refractivity contribution in [2.24, 2.45) is 0 Å². The van der Waals surface area contributed by atoms with Crippen molar-refractivity contribution < 1.29 is 25.8 Å². The summed E-state index contributed by atoms with van der Waals surface area (Å²) in [5, 5.41) is 2.55. The van der Waals surface area contributed by atoms with Gasteiger partial charge in [-0.3, -0.25) is 0 Å². The number of benzene rings is 3. The summed E-state index contributed by atoms with van der Waals surface area (Å²) in [6.45, 7) is 0.825. The Morgan fingerprint density at radius 1 is 0.811 bits per heavy atom. The highest BCUT2D eigenvalue weighted by Crippen LogP contribution is 2.61. The molecule has 3 aromatic heterocycles. The van der Waals surface area contributed by atoms with Crippen LogP contribution in [0.2, 0.25) is 0 Å². The fourth-order valence-corrected chi connectivity index (χ4v) is 6.95. The highest BCUT2D eigenvalue weighted by atomic mass is 35.5. The lowest BCUT2D eigenvalue weighted by Crippen LogP contribution is -3.00. The predicted molar refractivity (Wildman–Crippen MR) is 137 cm³/mol. The van der Waals surface area contributed by atoms with Crippen molar-refractivity contribution in [2.45, 2.75) is 30.3 Å². The third-order valence-electron chi connectivity index (χ3n) is 8.47. The van der Waals surface area contributed by atoms with Crippen molar-refractivity contribution in [3.8, 4) is 0 Å². The molecule has 182 valence electrons. The molecule has 2 atom stereocenters. The van der Waals surface area contributed by atoms with Gasteiger partial charge in [0.25, 0.3) is 5.82 Å². The molecular formula is C32H25ClN2O2. The van der Waals surface area contributed by atoms with Gasteiger partial charge < -0.3 is 21.2 Å². The first-order chi connectivity index (χ1) is 17.8. The first-order valence-corrected chi connectivity index (χ1v) is 12.5. The Hall–Kier alpha value is -4.02. The normalized spacial score (nSPS) is 18.8. The Morgan fingerprint density at radius 3 is 2.24 bits per heavy atom. The van der Waals surface area contributed by atoms with E-state index in [0.29, 0.717) is 0 Å². The summed E-state index contributed by atoms with van der Waals surface area (Å²) in [6, 6.07) is 28.9. The van der Waals surface area contributed by atoms with E-state index in [1.807, 2.05) is 12.5 Å². The van der Waals surface area contributed by atoms with Crippen LogP contribution < -0.4 is 17.0 Å². The molecule has 1 aliphatic carbocycles. The fraction of sp³-hybridized carbons (Fsp3) is 0.156. The van der Waals surface area contributed by atoms with Crippen LogP contribution in [0.5, 0.6) is 0 Å². The summed E-state index contributed by atoms with van der Waals surface area (Å²) >= 11 is 0. The molecule has 3 aromatic carbocycles. The number of halogens is 1. The van der Waals surface area contributed by atoms with Crippen molar-refractivity contribution in [3.63, 3.8) is 0 Å². The van der Waals surface area contributed by atoms with E-state index in [-0.39, 0.29) is 29.8 Å². The number of hydrogen-bond acceptors (Lipinski definition) is 2. The molecule has 3 aliphatic rings. The minimum atomic E-state index is -0.265. The zero-order valence-electron chi connectivity index (χ0n) is 20.1. The van der Waals surface area contributed by atoms with Crippen LogP contribution in [0.15, 0.2) is 125 Å². The van der Waals surface area contributed by atoms with Crippen LogP contribution >= 0.6 is 0 Å². The number of nitrogens with zero attached hydrogens (tertiary/aromatic N) is 2. The summed E-state index contributed by atoms with van der Waals surface area (Å²) in [4.78, 5) is 0. The number of aromatic nitrogens is 2. The number of fused-ring (bicyclic) bond motifs is 2. The van der Waals surface area contributed by atoms with Crippen molar-refractivity contribution in [1.82, 2.24) is 4.57 Å². The standard InChI is InChI=1S/C32H25N2O2.ClH/c1-2-6-24-17-22(9-10-23(24)5-1)19-33-13-14-34-29-18-32(25-11-15-35-20-25,26-12-16-36-21-26)30(31(33)34)28-8-4-3-7-27(28)29;/h1-17,20-21,29-30H,18-19H2;1H/q+1;/p-1. The zero-order chi connectivity index (χ0) is 23.7. The molecule has 5 heterocycles. The second-order valence-corrected chi connectivity index (χ2v) is 10.2. The van der Waals surface area contributed by atoms with Gasteiger partial charge in [-0.15, -0.1) is 0 Å². The van der Waals surface area contributed by atoms with Crippen LogP contribution in [0, 0.1) is 0 Å². The van der Waals surface area contributed by atoms with E-state index in [0.717, 1.165) is 13.0 Å². The molecule has 37 heavy (non-hydrogen) atoms. The van der Waals surface area contributed by atoms with Gasteiger partial charge in [0.2, 0.25) is 0 Å². The van der Waals surface area contributed by atoms with Gasteiger partial charge in [-0.05, 0) is 40.1 Å². The summed E-state index contributed by atoms with van der Waals surface area (Å²) in [7, 11) is 0. The molecule has 0 N–H and O–H groups in total. The number of furan rings is 2. The van der Waals surface area contributed by atoms with Gasteiger partial charge in [-0.2, -0.15) is 0 Å². The third kappa shape index (κ3) is 3.06. The first kappa shape index (κ1) is 22.2. The second kappa shape index (κ2) is 8.25. The maximum absolute atomic E-state index is 5.68. The Bertz CT molecular complexity index is 1680. The van der Waals surface area contributed by atoms with Crippen LogP contribution in [0.3, 0.4) is 0 Å². The van der Waals surface area contributed by atoms with Crippen LogP contribution in [-0.4, -0.2) is 4.57 Å². The van der Waals surface area contributed by atoms with E-state index in [4.69, 9.17) is 8.83 Å². The molecule has 0 saturated heterocycles. The van der Waals surface area contributed by atoms with E-state index < -0.39 is 0 Å². The molecule has 0 saturated carbocycles. The predicted octanol–water partition coefficient (Wildman–Crippen LogP) is 3.59. The average Bonchev–Trinajstić information content (AvgIpc) is 3.72. The van der Waals surface area contributed by atoms with Gasteiger partial charge in [0, 0.05) is 28.5 Å². The fourth-order valence-electron chi connectivity index (χ4n) is 6.95. The lowest BCUT2D eigenvalue weighted by atomic mass is 9.55. The van der Waals surface area contributed by atoms with E-state index in [1.54, 1.807) is 12.5 Å². The lowest BCUT2D eigenvalue weighted by Gasteiger charge is -2.49. The molecule has 6 aromatic rings. The highest BCUT2D eigenvalue weighted by Gasteiger charge is 2.60. The SMILES string of the molecule is [Cl-].c1ccc2c(c1)C1CC(c3ccoc3)(c3ccoc3)C2c2n1cc[n+]2Cc1ccc2ccccc2c1. The maximum Gasteiger partial charge on any atom is 0.266 e. The second-order valence-electron chi connectivity index (χ2n) is 10.2. The van der Waals surface area contributed by atoms with Crippen molar-refractivity contribution in [1.29, 1.82) is 0 Å². The largest absolute Gasteiger partial charge is 1.00 e. The van der Waals surface area contributed by atoms with Crippen LogP contribution in [0.25, 0.3) is 10.8 Å². The number of hydrogen-bond donors (Lipinski definition) is 0. The summed E-state index contributed by atoms with van der Waals surface area (Å²) in [5.74, 6) is 1.46. The quantitative estimate of drug-likeness (QED) is 0.344. The molecule has 2 unspecified atom stereocenters. The van der Waals surface area contributed by atoms with E-state index in [9.17, 15) is 0 Å². The van der Waals surface area contributed by atoms with Crippen LogP contribution in [0.1, 0.15) is 52.0 Å². The van der Waals surface area contributed by atoms with Crippen LogP contribution in [0.4, 0.5) is 0 Å². The summed E-state index contributed by atoms with van der Waals surface area (Å²) < 4.78 is 16.3. The zero-order valence-corrected chi connectivity index (χ0v) is 20.9. The van der Waals surface area contributed by atoms with Gasteiger partial charge in [0.1, 0.15) is 30.9 Å². The molecule has 5 heteroatoms. The molecular weight excluding hydrogens is 480 g/mol. The minimum absolute atomic E-state index is 0. The van der Waals surface area contributed by atoms with Gasteiger partial charge >= 0.3 is 0 Å². The van der Waals surface area contributed by atoms with Gasteiger partial charge in [0.15, 0.2) is 0 Å². The summed E-state index contributed by atoms with van der Waals surface area (Å²) in [5.41, 5.74) is 6.27. The molecule has 0 fully saturated rings. The Kier molecular flexibility index (Phi) is 4.95. The Balaban J connectivity index is 0.00000231. The smallest absolute Gasteiger partial charge is 0.266 e. The Morgan fingerprint density at radius 2 is 1.51 bits per heavy atom. The van der Waals surface area contributed by atoms with Crippen molar-refractivity contribution >= 4 is 10.8 Å². The molecule has 0 radical (unpaired) electrons. The van der Waals surface area contributed by atoms with E-state index in [1.165, 1.54) is 44.4 Å². The number of imidazole rings is 1. The van der Waals surface area contributed by atoms with E-state index in [2.05, 4.69) is 100 Å². The topological polar surface area (TPSA) is 35.1 Å². The molecule has 9 rings (SSSR count). The third-order valence-corrected chi connectivity index (χ3v) is 8.47. The molecule has 0 spiro atoms. The number of rotatable bonds is 4. The molecule has 2 aliphatic heterocycles. The lowest BCUT2D eigenvalue weighted by molar-refractivity contribution is -0.697. The molecule has 4 nitrogen and oxygen atoms in total. The van der Waals surface area contributed by atoms with Gasteiger partial charge in [0.05, 0.1) is 25.1 Å². The highest BCUT2D eigenvalue weighted by molar-refractivity contribution is 5.82. The van der Waals surface area contributed by atoms with Gasteiger partial charge in [-0.25, -0.2) is 9.13 Å². The monoisotopic (exact) mass is 504 g/mol. The molecule has 0 amide bonds. The average molecular weight is 505 g/mol. The van der Waals surface area contributed by atoms with Crippen LogP contribution in [-0.2, 0) is 12.0 Å².